The molecule has 138 valence electrons. The van der Waals surface area contributed by atoms with Gasteiger partial charge in [0.05, 0.1) is 24.1 Å². The van der Waals surface area contributed by atoms with Gasteiger partial charge in [-0.2, -0.15) is 0 Å². The van der Waals surface area contributed by atoms with Gasteiger partial charge in [0.2, 0.25) is 0 Å². The summed E-state index contributed by atoms with van der Waals surface area (Å²) in [6, 6.07) is 15.9. The second-order valence-corrected chi connectivity index (χ2v) is 6.19. The maximum Gasteiger partial charge on any atom is 0.191 e. The quantitative estimate of drug-likeness (QED) is 0.326. The van der Waals surface area contributed by atoms with Crippen LogP contribution >= 0.6 is 35.6 Å². The van der Waals surface area contributed by atoms with Crippen molar-refractivity contribution in [2.24, 2.45) is 12.0 Å². The van der Waals surface area contributed by atoms with Gasteiger partial charge in [-0.25, -0.2) is 9.98 Å². The van der Waals surface area contributed by atoms with E-state index in [1.165, 1.54) is 0 Å². The van der Waals surface area contributed by atoms with E-state index in [4.69, 9.17) is 11.6 Å². The van der Waals surface area contributed by atoms with Crippen LogP contribution in [0.2, 0.25) is 5.02 Å². The van der Waals surface area contributed by atoms with Gasteiger partial charge in [0.1, 0.15) is 5.82 Å². The summed E-state index contributed by atoms with van der Waals surface area (Å²) in [7, 11) is 2.03. The van der Waals surface area contributed by atoms with Gasteiger partial charge in [0.15, 0.2) is 5.96 Å². The van der Waals surface area contributed by atoms with Crippen LogP contribution in [0.3, 0.4) is 0 Å². The Bertz CT molecular complexity index is 891. The zero-order valence-electron chi connectivity index (χ0n) is 14.9. The number of halogens is 2. The summed E-state index contributed by atoms with van der Waals surface area (Å²) in [4.78, 5) is 9.30. The van der Waals surface area contributed by atoms with Gasteiger partial charge < -0.3 is 15.2 Å². The minimum Gasteiger partial charge on any atom is -0.357 e. The van der Waals surface area contributed by atoms with Crippen LogP contribution in [-0.2, 0) is 20.1 Å². The molecule has 1 aromatic heterocycles. The molecule has 0 saturated heterocycles. The molecule has 2 aromatic carbocycles. The summed E-state index contributed by atoms with van der Waals surface area (Å²) in [6.07, 6.45) is 0. The highest BCUT2D eigenvalue weighted by Gasteiger charge is 2.07. The second kappa shape index (κ2) is 9.78. The summed E-state index contributed by atoms with van der Waals surface area (Å²) in [6.45, 7) is 4.01. The zero-order chi connectivity index (χ0) is 17.6. The number of hydrogen-bond donors (Lipinski definition) is 2. The SMILES string of the molecule is CCNC(=NCc1cccc(Cl)c1)NCc1nc2ccccc2n1C.I. The van der Waals surface area contributed by atoms with E-state index in [0.717, 1.165) is 39.9 Å². The maximum absolute atomic E-state index is 6.03. The molecule has 3 rings (SSSR count). The van der Waals surface area contributed by atoms with Crippen molar-refractivity contribution in [2.75, 3.05) is 6.54 Å². The first kappa shape index (κ1) is 20.5. The highest BCUT2D eigenvalue weighted by atomic mass is 127. The first-order valence-corrected chi connectivity index (χ1v) is 8.72. The number of fused-ring (bicyclic) bond motifs is 1. The second-order valence-electron chi connectivity index (χ2n) is 5.75. The molecule has 0 spiro atoms. The lowest BCUT2D eigenvalue weighted by Gasteiger charge is -2.11. The molecule has 5 nitrogen and oxygen atoms in total. The third-order valence-corrected chi connectivity index (χ3v) is 4.18. The average molecular weight is 484 g/mol. The van der Waals surface area contributed by atoms with Crippen LogP contribution < -0.4 is 10.6 Å². The maximum atomic E-state index is 6.03. The number of benzene rings is 2. The van der Waals surface area contributed by atoms with Crippen molar-refractivity contribution in [3.8, 4) is 0 Å². The predicted octanol–water partition coefficient (Wildman–Crippen LogP) is 4.10. The lowest BCUT2D eigenvalue weighted by Crippen LogP contribution is -2.37. The fourth-order valence-electron chi connectivity index (χ4n) is 2.66. The van der Waals surface area contributed by atoms with E-state index in [0.29, 0.717) is 13.1 Å². The minimum absolute atomic E-state index is 0. The Hall–Kier alpha value is -1.80. The summed E-state index contributed by atoms with van der Waals surface area (Å²) in [5, 5.41) is 7.33. The van der Waals surface area contributed by atoms with Gasteiger partial charge in [-0.3, -0.25) is 0 Å². The number of aliphatic imine (C=N–C) groups is 1. The lowest BCUT2D eigenvalue weighted by atomic mass is 10.2. The van der Waals surface area contributed by atoms with Crippen LogP contribution in [0.4, 0.5) is 0 Å². The van der Waals surface area contributed by atoms with Crippen molar-refractivity contribution >= 4 is 52.6 Å². The Morgan fingerprint density at radius 3 is 2.69 bits per heavy atom. The van der Waals surface area contributed by atoms with Crippen LogP contribution in [-0.4, -0.2) is 22.1 Å². The molecule has 0 radical (unpaired) electrons. The number of aryl methyl sites for hydroxylation is 1. The molecule has 0 saturated carbocycles. The van der Waals surface area contributed by atoms with Crippen molar-refractivity contribution in [3.05, 3.63) is 64.9 Å². The Labute approximate surface area is 175 Å². The van der Waals surface area contributed by atoms with E-state index in [1.807, 2.05) is 56.4 Å². The topological polar surface area (TPSA) is 54.2 Å². The highest BCUT2D eigenvalue weighted by Crippen LogP contribution is 2.14. The Morgan fingerprint density at radius 2 is 1.96 bits per heavy atom. The standard InChI is InChI=1S/C19H22ClN5.HI/c1-3-21-19(22-12-14-7-6-8-15(20)11-14)23-13-18-24-16-9-4-5-10-17(16)25(18)2;/h4-11H,3,12-13H2,1-2H3,(H2,21,22,23);1H. The van der Waals surface area contributed by atoms with Crippen molar-refractivity contribution in [3.63, 3.8) is 0 Å². The Balaban J connectivity index is 0.00000243. The summed E-state index contributed by atoms with van der Waals surface area (Å²) < 4.78 is 2.10. The molecule has 7 heteroatoms. The number of para-hydroxylation sites is 2. The van der Waals surface area contributed by atoms with Gasteiger partial charge in [0.25, 0.3) is 0 Å². The molecule has 0 aliphatic heterocycles. The minimum atomic E-state index is 0. The lowest BCUT2D eigenvalue weighted by molar-refractivity contribution is 0.738. The fraction of sp³-hybridized carbons (Fsp3) is 0.263. The molecule has 1 heterocycles. The molecule has 0 aliphatic carbocycles. The zero-order valence-corrected chi connectivity index (χ0v) is 18.0. The van der Waals surface area contributed by atoms with Crippen LogP contribution in [0.5, 0.6) is 0 Å². The van der Waals surface area contributed by atoms with E-state index in [2.05, 4.69) is 31.2 Å². The van der Waals surface area contributed by atoms with Gasteiger partial charge in [-0.05, 0) is 36.8 Å². The monoisotopic (exact) mass is 483 g/mol. The molecule has 0 fully saturated rings. The molecule has 0 atom stereocenters. The normalized spacial score (nSPS) is 11.3. The number of hydrogen-bond acceptors (Lipinski definition) is 2. The van der Waals surface area contributed by atoms with E-state index < -0.39 is 0 Å². The van der Waals surface area contributed by atoms with Crippen molar-refractivity contribution in [2.45, 2.75) is 20.0 Å². The number of nitrogens with zero attached hydrogens (tertiary/aromatic N) is 3. The summed E-state index contributed by atoms with van der Waals surface area (Å²) in [5.41, 5.74) is 3.20. The fourth-order valence-corrected chi connectivity index (χ4v) is 2.88. The van der Waals surface area contributed by atoms with Crippen LogP contribution in [0, 0.1) is 0 Å². The van der Waals surface area contributed by atoms with Crippen molar-refractivity contribution in [1.82, 2.24) is 20.2 Å². The molecule has 0 aliphatic rings. The number of nitrogens with one attached hydrogen (secondary N) is 2. The Morgan fingerprint density at radius 1 is 1.15 bits per heavy atom. The first-order valence-electron chi connectivity index (χ1n) is 8.34. The molecule has 26 heavy (non-hydrogen) atoms. The number of rotatable bonds is 5. The van der Waals surface area contributed by atoms with Gasteiger partial charge in [-0.15, -0.1) is 24.0 Å². The number of imidazole rings is 1. The average Bonchev–Trinajstić information content (AvgIpc) is 2.94. The number of aromatic nitrogens is 2. The third kappa shape index (κ3) is 5.11. The van der Waals surface area contributed by atoms with Crippen LogP contribution in [0.1, 0.15) is 18.3 Å². The van der Waals surface area contributed by atoms with Gasteiger partial charge in [0, 0.05) is 18.6 Å². The van der Waals surface area contributed by atoms with Gasteiger partial charge in [-0.1, -0.05) is 35.9 Å². The highest BCUT2D eigenvalue weighted by molar-refractivity contribution is 14.0. The molecule has 3 aromatic rings. The molecular weight excluding hydrogens is 461 g/mol. The third-order valence-electron chi connectivity index (χ3n) is 3.95. The predicted molar refractivity (Wildman–Crippen MR) is 119 cm³/mol. The smallest absolute Gasteiger partial charge is 0.191 e. The van der Waals surface area contributed by atoms with E-state index in [1.54, 1.807) is 0 Å². The molecule has 0 bridgehead atoms. The van der Waals surface area contributed by atoms with E-state index in [9.17, 15) is 0 Å². The van der Waals surface area contributed by atoms with E-state index in [-0.39, 0.29) is 24.0 Å². The number of guanidine groups is 1. The molecular formula is C19H23ClIN5. The molecule has 0 unspecified atom stereocenters. The summed E-state index contributed by atoms with van der Waals surface area (Å²) >= 11 is 6.03. The summed E-state index contributed by atoms with van der Waals surface area (Å²) in [5.74, 6) is 1.73. The molecule has 2 N–H and O–H groups in total. The van der Waals surface area contributed by atoms with Crippen molar-refractivity contribution in [1.29, 1.82) is 0 Å². The Kier molecular flexibility index (Phi) is 7.71. The van der Waals surface area contributed by atoms with Crippen molar-refractivity contribution < 1.29 is 0 Å². The van der Waals surface area contributed by atoms with Crippen LogP contribution in [0.25, 0.3) is 11.0 Å². The largest absolute Gasteiger partial charge is 0.357 e. The first-order chi connectivity index (χ1) is 12.2. The molecule has 0 amide bonds. The van der Waals surface area contributed by atoms with E-state index >= 15 is 0 Å². The van der Waals surface area contributed by atoms with Gasteiger partial charge >= 0.3 is 0 Å². The van der Waals surface area contributed by atoms with Crippen LogP contribution in [0.15, 0.2) is 53.5 Å².